The van der Waals surface area contributed by atoms with Crippen molar-refractivity contribution < 1.29 is 17.0 Å². The summed E-state index contributed by atoms with van der Waals surface area (Å²) in [7, 11) is 0. The molecule has 0 nitrogen and oxygen atoms in total. The third kappa shape index (κ3) is 5.61. The van der Waals surface area contributed by atoms with Gasteiger partial charge in [0.25, 0.3) is 0 Å². The standard InChI is InChI=1S/2C21H21P.Pd/c2*1-16-10-4-7-13-19(16)22(20-14-8-5-11-17(20)2)21-15-9-6-12-18(21)3;/h2*4-15H,1-3H3;. The molecule has 0 saturated heterocycles. The van der Waals surface area contributed by atoms with E-state index in [-0.39, 0.29) is 17.0 Å². The van der Waals surface area contributed by atoms with Crippen LogP contribution in [0.4, 0.5) is 0 Å². The van der Waals surface area contributed by atoms with E-state index in [1.54, 1.807) is 0 Å². The Morgan fingerprint density at radius 1 is 0.267 bits per heavy atom. The molecule has 45 heavy (non-hydrogen) atoms. The van der Waals surface area contributed by atoms with Gasteiger partial charge in [-0.3, -0.25) is 0 Å². The number of hydrogen-bond donors (Lipinski definition) is 0. The average molecular weight is 715 g/mol. The van der Waals surface area contributed by atoms with Crippen LogP contribution in [-0.4, -0.2) is 0 Å². The van der Waals surface area contributed by atoms with Crippen molar-refractivity contribution in [3.05, 3.63) is 179 Å². The second-order valence-corrected chi connectivity index (χ2v) is 26.5. The van der Waals surface area contributed by atoms with Crippen molar-refractivity contribution in [3.63, 3.8) is 0 Å². The fourth-order valence-corrected chi connectivity index (χ4v) is 38.1. The molecule has 0 spiro atoms. The first-order valence-electron chi connectivity index (χ1n) is 15.6. The van der Waals surface area contributed by atoms with Crippen LogP contribution in [0.2, 0.25) is 0 Å². The van der Waals surface area contributed by atoms with Gasteiger partial charge in [0.15, 0.2) is 0 Å². The molecule has 6 rings (SSSR count). The molecule has 0 amide bonds. The second kappa shape index (κ2) is 13.3. The van der Waals surface area contributed by atoms with Gasteiger partial charge in [0.05, 0.1) is 0 Å². The Balaban J connectivity index is 1.89. The van der Waals surface area contributed by atoms with Crippen LogP contribution in [0.1, 0.15) is 33.4 Å². The van der Waals surface area contributed by atoms with Crippen molar-refractivity contribution in [1.29, 1.82) is 0 Å². The summed E-state index contributed by atoms with van der Waals surface area (Å²) in [5, 5.41) is 9.10. The number of aryl methyl sites for hydroxylation is 6. The summed E-state index contributed by atoms with van der Waals surface area (Å²) < 4.78 is 0. The molecule has 0 aliphatic carbocycles. The van der Waals surface area contributed by atoms with Crippen LogP contribution in [-0.2, 0) is 17.0 Å². The Kier molecular flexibility index (Phi) is 9.40. The van der Waals surface area contributed by atoms with Gasteiger partial charge in [-0.05, 0) is 0 Å². The fraction of sp³-hybridized carbons (Fsp3) is 0.143. The zero-order valence-corrected chi connectivity index (χ0v) is 30.4. The molecule has 6 aromatic rings. The molecular formula is C42H42P2Pd. The van der Waals surface area contributed by atoms with Crippen molar-refractivity contribution in [3.8, 4) is 0 Å². The molecular weight excluding hydrogens is 673 g/mol. The third-order valence-electron chi connectivity index (χ3n) is 8.78. The topological polar surface area (TPSA) is 0 Å². The maximum atomic E-state index is 2.46. The molecule has 0 fully saturated rings. The van der Waals surface area contributed by atoms with Crippen molar-refractivity contribution in [2.75, 3.05) is 0 Å². The van der Waals surface area contributed by atoms with E-state index in [4.69, 9.17) is 0 Å². The molecule has 230 valence electrons. The minimum atomic E-state index is -2.24. The second-order valence-electron chi connectivity index (χ2n) is 11.9. The van der Waals surface area contributed by atoms with E-state index in [2.05, 4.69) is 187 Å². The van der Waals surface area contributed by atoms with Crippen molar-refractivity contribution in [1.82, 2.24) is 0 Å². The quantitative estimate of drug-likeness (QED) is 0.109. The molecule has 6 aromatic carbocycles. The Bertz CT molecular complexity index is 1610. The van der Waals surface area contributed by atoms with Crippen molar-refractivity contribution >= 4 is 42.7 Å². The van der Waals surface area contributed by atoms with E-state index in [9.17, 15) is 0 Å². The molecule has 3 heteroatoms. The van der Waals surface area contributed by atoms with Gasteiger partial charge >= 0.3 is 280 Å². The summed E-state index contributed by atoms with van der Waals surface area (Å²) >= 11 is 0.282. The molecule has 2 radical (unpaired) electrons. The van der Waals surface area contributed by atoms with Crippen LogP contribution in [0.25, 0.3) is 0 Å². The van der Waals surface area contributed by atoms with E-state index in [1.165, 1.54) is 65.2 Å². The van der Waals surface area contributed by atoms with E-state index >= 15 is 0 Å². The summed E-state index contributed by atoms with van der Waals surface area (Å²) in [4.78, 5) is 0. The fourth-order valence-electron chi connectivity index (χ4n) is 6.49. The molecule has 0 heterocycles. The number of rotatable bonds is 8. The summed E-state index contributed by atoms with van der Waals surface area (Å²) in [6, 6.07) is 55.7. The van der Waals surface area contributed by atoms with Crippen molar-refractivity contribution in [2.24, 2.45) is 0 Å². The van der Waals surface area contributed by atoms with E-state index < -0.39 is 10.9 Å². The zero-order valence-electron chi connectivity index (χ0n) is 27.1. The third-order valence-corrected chi connectivity index (χ3v) is 32.3. The first-order chi connectivity index (χ1) is 21.8. The maximum absolute atomic E-state index is 2.46. The Morgan fingerprint density at radius 3 is 0.578 bits per heavy atom. The van der Waals surface area contributed by atoms with E-state index in [1.807, 2.05) is 0 Å². The van der Waals surface area contributed by atoms with Gasteiger partial charge in [-0.15, -0.1) is 0 Å². The van der Waals surface area contributed by atoms with Crippen LogP contribution in [0, 0.1) is 41.5 Å². The van der Waals surface area contributed by atoms with Gasteiger partial charge < -0.3 is 0 Å². The van der Waals surface area contributed by atoms with Crippen LogP contribution in [0.5, 0.6) is 0 Å². The van der Waals surface area contributed by atoms with E-state index in [0.717, 1.165) is 0 Å². The molecule has 0 aliphatic heterocycles. The normalized spacial score (nSPS) is 12.0. The molecule has 0 atom stereocenters. The molecule has 0 N–H and O–H groups in total. The summed E-state index contributed by atoms with van der Waals surface area (Å²) in [6.45, 7) is 14.0. The molecule has 0 bridgehead atoms. The van der Waals surface area contributed by atoms with Gasteiger partial charge in [0.2, 0.25) is 0 Å². The van der Waals surface area contributed by atoms with Gasteiger partial charge in [0.1, 0.15) is 0 Å². The monoisotopic (exact) mass is 714 g/mol. The molecule has 0 aliphatic rings. The minimum absolute atomic E-state index is 0.282. The van der Waals surface area contributed by atoms with Crippen molar-refractivity contribution in [2.45, 2.75) is 41.5 Å². The summed E-state index contributed by atoms with van der Waals surface area (Å²) in [6.07, 6.45) is 0. The first-order valence-corrected chi connectivity index (χ1v) is 23.0. The average Bonchev–Trinajstić information content (AvgIpc) is 3.04. The molecule has 0 unspecified atom stereocenters. The van der Waals surface area contributed by atoms with Crippen LogP contribution in [0.3, 0.4) is 0 Å². The van der Waals surface area contributed by atoms with Crippen LogP contribution >= 0.6 is 10.9 Å². The zero-order chi connectivity index (χ0) is 31.6. The Hall–Kier alpha value is -3.16. The van der Waals surface area contributed by atoms with Gasteiger partial charge in [-0.2, -0.15) is 0 Å². The summed E-state index contributed by atoms with van der Waals surface area (Å²) in [5.74, 6) is 0. The first kappa shape index (κ1) is 31.8. The van der Waals surface area contributed by atoms with Gasteiger partial charge in [-0.1, -0.05) is 0 Å². The predicted molar refractivity (Wildman–Crippen MR) is 199 cm³/mol. The Labute approximate surface area is 278 Å². The van der Waals surface area contributed by atoms with Gasteiger partial charge in [-0.25, -0.2) is 0 Å². The predicted octanol–water partition coefficient (Wildman–Crippen LogP) is 8.74. The van der Waals surface area contributed by atoms with Crippen LogP contribution in [0.15, 0.2) is 146 Å². The van der Waals surface area contributed by atoms with Gasteiger partial charge in [0, 0.05) is 0 Å². The molecule has 0 saturated carbocycles. The Morgan fingerprint density at radius 2 is 0.422 bits per heavy atom. The SMILES string of the molecule is Cc1ccccc1[P]([Pd][P](c1ccccc1C)(c1ccccc1C)c1ccccc1C)(c1ccccc1C)c1ccccc1C. The number of hydrogen-bond acceptors (Lipinski definition) is 0. The van der Waals surface area contributed by atoms with Crippen LogP contribution < -0.4 is 31.8 Å². The number of benzene rings is 6. The van der Waals surface area contributed by atoms with E-state index in [0.29, 0.717) is 0 Å². The molecule has 0 aromatic heterocycles. The summed E-state index contributed by atoms with van der Waals surface area (Å²) in [5.41, 5.74) is 3.81.